The summed E-state index contributed by atoms with van der Waals surface area (Å²) in [5.74, 6) is -0.154. The van der Waals surface area contributed by atoms with E-state index in [1.807, 2.05) is 4.90 Å². The van der Waals surface area contributed by atoms with Crippen molar-refractivity contribution in [1.29, 1.82) is 0 Å². The van der Waals surface area contributed by atoms with Crippen molar-refractivity contribution in [2.45, 2.75) is 37.8 Å². The zero-order valence-electron chi connectivity index (χ0n) is 13.2. The first-order valence-electron chi connectivity index (χ1n) is 8.00. The van der Waals surface area contributed by atoms with E-state index in [-0.39, 0.29) is 23.7 Å². The van der Waals surface area contributed by atoms with Gasteiger partial charge in [-0.3, -0.25) is 14.9 Å². The van der Waals surface area contributed by atoms with Gasteiger partial charge in [-0.05, 0) is 18.9 Å². The normalized spacial score (nSPS) is 24.0. The number of non-ortho nitro benzene ring substituents is 1. The molecule has 7 nitrogen and oxygen atoms in total. The molecular formula is C16H21N3O4. The number of benzene rings is 1. The maximum absolute atomic E-state index is 13.0. The summed E-state index contributed by atoms with van der Waals surface area (Å²) in [4.78, 5) is 25.4. The number of fused-ring (bicyclic) bond motifs is 1. The third-order valence-corrected chi connectivity index (χ3v) is 4.71. The quantitative estimate of drug-likeness (QED) is 0.683. The van der Waals surface area contributed by atoms with Crippen LogP contribution in [0.2, 0.25) is 0 Å². The molecule has 1 saturated heterocycles. The number of nitrogens with zero attached hydrogens (tertiary/aromatic N) is 2. The molecule has 1 heterocycles. The largest absolute Gasteiger partial charge is 0.387 e. The van der Waals surface area contributed by atoms with Gasteiger partial charge in [0, 0.05) is 31.4 Å². The van der Waals surface area contributed by atoms with Crippen molar-refractivity contribution in [3.63, 3.8) is 0 Å². The van der Waals surface area contributed by atoms with Crippen LogP contribution in [0.1, 0.15) is 36.0 Å². The molecule has 0 unspecified atom stereocenters. The van der Waals surface area contributed by atoms with Gasteiger partial charge < -0.3 is 15.0 Å². The average Bonchev–Trinajstić information content (AvgIpc) is 2.60. The van der Waals surface area contributed by atoms with Crippen LogP contribution in [0.15, 0.2) is 18.2 Å². The standard InChI is InChI=1S/C16H21N3O4/c1-17-13-7-6-11(19(21)22)10-12(13)16(20)18-8-9-23-15-5-3-2-4-14(15)18/h6-7,10,14-15,17H,2-5,8-9H2,1H3/t14-,15-/m0/s1. The number of hydrogen-bond donors (Lipinski definition) is 1. The van der Waals surface area contributed by atoms with E-state index in [1.165, 1.54) is 12.1 Å². The van der Waals surface area contributed by atoms with Gasteiger partial charge in [0.1, 0.15) is 0 Å². The predicted octanol–water partition coefficient (Wildman–Crippen LogP) is 2.42. The van der Waals surface area contributed by atoms with Gasteiger partial charge in [-0.1, -0.05) is 12.8 Å². The molecule has 0 bridgehead atoms. The average molecular weight is 319 g/mol. The minimum Gasteiger partial charge on any atom is -0.387 e. The Bertz CT molecular complexity index is 617. The molecule has 1 saturated carbocycles. The molecule has 1 aliphatic carbocycles. The van der Waals surface area contributed by atoms with Gasteiger partial charge in [-0.25, -0.2) is 0 Å². The molecule has 0 radical (unpaired) electrons. The van der Waals surface area contributed by atoms with E-state index >= 15 is 0 Å². The van der Waals surface area contributed by atoms with Gasteiger partial charge in [0.2, 0.25) is 0 Å². The van der Waals surface area contributed by atoms with Crippen molar-refractivity contribution in [2.75, 3.05) is 25.5 Å². The van der Waals surface area contributed by atoms with Crippen molar-refractivity contribution < 1.29 is 14.5 Å². The lowest BCUT2D eigenvalue weighted by Crippen LogP contribution is -2.54. The van der Waals surface area contributed by atoms with Gasteiger partial charge in [0.25, 0.3) is 11.6 Å². The monoisotopic (exact) mass is 319 g/mol. The highest BCUT2D eigenvalue weighted by atomic mass is 16.6. The van der Waals surface area contributed by atoms with Crippen LogP contribution in [0.5, 0.6) is 0 Å². The van der Waals surface area contributed by atoms with E-state index in [0.29, 0.717) is 24.4 Å². The third-order valence-electron chi connectivity index (χ3n) is 4.71. The van der Waals surface area contributed by atoms with Crippen LogP contribution in [0, 0.1) is 10.1 Å². The number of amides is 1. The number of carbonyl (C=O) groups excluding carboxylic acids is 1. The molecule has 23 heavy (non-hydrogen) atoms. The summed E-state index contributed by atoms with van der Waals surface area (Å²) in [6.45, 7) is 1.06. The molecule has 2 atom stereocenters. The second-order valence-corrected chi connectivity index (χ2v) is 6.00. The van der Waals surface area contributed by atoms with Gasteiger partial charge in [0.15, 0.2) is 0 Å². The van der Waals surface area contributed by atoms with Gasteiger partial charge in [-0.15, -0.1) is 0 Å². The molecule has 1 N–H and O–H groups in total. The Morgan fingerprint density at radius 3 is 2.91 bits per heavy atom. The lowest BCUT2D eigenvalue weighted by molar-refractivity contribution is -0.384. The van der Waals surface area contributed by atoms with Crippen LogP contribution in [-0.4, -0.2) is 48.1 Å². The summed E-state index contributed by atoms with van der Waals surface area (Å²) in [6, 6.07) is 4.44. The molecule has 0 spiro atoms. The summed E-state index contributed by atoms with van der Waals surface area (Å²) in [6.07, 6.45) is 4.21. The van der Waals surface area contributed by atoms with Crippen molar-refractivity contribution >= 4 is 17.3 Å². The van der Waals surface area contributed by atoms with E-state index < -0.39 is 4.92 Å². The van der Waals surface area contributed by atoms with E-state index in [4.69, 9.17) is 4.74 Å². The summed E-state index contributed by atoms with van der Waals surface area (Å²) in [5.41, 5.74) is 0.896. The summed E-state index contributed by atoms with van der Waals surface area (Å²) < 4.78 is 5.80. The highest BCUT2D eigenvalue weighted by Crippen LogP contribution is 2.31. The highest BCUT2D eigenvalue weighted by molar-refractivity contribution is 6.00. The molecular weight excluding hydrogens is 298 g/mol. The Balaban J connectivity index is 1.92. The molecule has 1 aromatic rings. The molecule has 1 amide bonds. The number of nitro benzene ring substituents is 1. The first-order chi connectivity index (χ1) is 11.1. The number of morpholine rings is 1. The maximum Gasteiger partial charge on any atom is 0.270 e. The molecule has 124 valence electrons. The van der Waals surface area contributed by atoms with E-state index in [9.17, 15) is 14.9 Å². The molecule has 0 aromatic heterocycles. The van der Waals surface area contributed by atoms with E-state index in [0.717, 1.165) is 25.7 Å². The molecule has 1 aromatic carbocycles. The van der Waals surface area contributed by atoms with Crippen molar-refractivity contribution in [1.82, 2.24) is 4.90 Å². The van der Waals surface area contributed by atoms with Crippen molar-refractivity contribution in [3.8, 4) is 0 Å². The Morgan fingerprint density at radius 2 is 2.17 bits per heavy atom. The Morgan fingerprint density at radius 1 is 1.39 bits per heavy atom. The summed E-state index contributed by atoms with van der Waals surface area (Å²) in [7, 11) is 1.71. The van der Waals surface area contributed by atoms with Crippen LogP contribution < -0.4 is 5.32 Å². The van der Waals surface area contributed by atoms with Gasteiger partial charge in [-0.2, -0.15) is 0 Å². The lowest BCUT2D eigenvalue weighted by Gasteiger charge is -2.43. The van der Waals surface area contributed by atoms with Crippen LogP contribution in [0.3, 0.4) is 0 Å². The van der Waals surface area contributed by atoms with Crippen LogP contribution in [0.4, 0.5) is 11.4 Å². The van der Waals surface area contributed by atoms with Crippen LogP contribution in [0.25, 0.3) is 0 Å². The SMILES string of the molecule is CNc1ccc([N+](=O)[O-])cc1C(=O)N1CCO[C@H]2CCCC[C@@H]21. The Kier molecular flexibility index (Phi) is 4.47. The fraction of sp³-hybridized carbons (Fsp3) is 0.562. The van der Waals surface area contributed by atoms with Crippen LogP contribution in [-0.2, 0) is 4.74 Å². The minimum atomic E-state index is -0.473. The number of nitro groups is 1. The first-order valence-corrected chi connectivity index (χ1v) is 8.00. The number of ether oxygens (including phenoxy) is 1. The fourth-order valence-corrected chi connectivity index (χ4v) is 3.54. The molecule has 1 aliphatic heterocycles. The van der Waals surface area contributed by atoms with Gasteiger partial charge >= 0.3 is 0 Å². The second kappa shape index (κ2) is 6.54. The molecule has 3 rings (SSSR count). The summed E-state index contributed by atoms with van der Waals surface area (Å²) in [5, 5.41) is 14.0. The Hall–Kier alpha value is -2.15. The minimum absolute atomic E-state index is 0.0687. The number of hydrogen-bond acceptors (Lipinski definition) is 5. The van der Waals surface area contributed by atoms with Crippen LogP contribution >= 0.6 is 0 Å². The predicted molar refractivity (Wildman–Crippen MR) is 85.7 cm³/mol. The van der Waals surface area contributed by atoms with Crippen molar-refractivity contribution in [2.24, 2.45) is 0 Å². The molecule has 2 fully saturated rings. The number of anilines is 1. The number of carbonyl (C=O) groups is 1. The summed E-state index contributed by atoms with van der Waals surface area (Å²) >= 11 is 0. The Labute approximate surface area is 134 Å². The first kappa shape index (κ1) is 15.7. The lowest BCUT2D eigenvalue weighted by atomic mass is 9.89. The van der Waals surface area contributed by atoms with Crippen molar-refractivity contribution in [3.05, 3.63) is 33.9 Å². The third kappa shape index (κ3) is 3.01. The topological polar surface area (TPSA) is 84.7 Å². The maximum atomic E-state index is 13.0. The fourth-order valence-electron chi connectivity index (χ4n) is 3.54. The van der Waals surface area contributed by atoms with E-state index in [1.54, 1.807) is 13.1 Å². The smallest absolute Gasteiger partial charge is 0.270 e. The number of rotatable bonds is 3. The highest BCUT2D eigenvalue weighted by Gasteiger charge is 2.37. The second-order valence-electron chi connectivity index (χ2n) is 6.00. The molecule has 2 aliphatic rings. The van der Waals surface area contributed by atoms with E-state index in [2.05, 4.69) is 5.32 Å². The van der Waals surface area contributed by atoms with Gasteiger partial charge in [0.05, 0.1) is 29.2 Å². The number of nitrogens with one attached hydrogen (secondary N) is 1. The zero-order chi connectivity index (χ0) is 16.4. The zero-order valence-corrected chi connectivity index (χ0v) is 13.2. The molecule has 7 heteroatoms.